The van der Waals surface area contributed by atoms with Crippen LogP contribution in [0.15, 0.2) is 53.1 Å². The number of furan rings is 1. The van der Waals surface area contributed by atoms with Crippen molar-refractivity contribution in [1.29, 1.82) is 0 Å². The molecule has 1 aliphatic rings. The van der Waals surface area contributed by atoms with Gasteiger partial charge in [0.1, 0.15) is 11.1 Å². The number of benzene rings is 2. The van der Waals surface area contributed by atoms with Crippen molar-refractivity contribution in [1.82, 2.24) is 0 Å². The van der Waals surface area contributed by atoms with E-state index in [1.807, 2.05) is 25.1 Å². The molecule has 154 valence electrons. The van der Waals surface area contributed by atoms with E-state index in [-0.39, 0.29) is 12.3 Å². The average molecular weight is 406 g/mol. The fourth-order valence-electron chi connectivity index (χ4n) is 3.64. The Hall–Kier alpha value is -3.61. The van der Waals surface area contributed by atoms with E-state index in [1.165, 1.54) is 11.2 Å². The van der Waals surface area contributed by atoms with Crippen molar-refractivity contribution in [3.05, 3.63) is 59.9 Å². The van der Waals surface area contributed by atoms with Crippen LogP contribution >= 0.6 is 0 Å². The first-order valence-corrected chi connectivity index (χ1v) is 9.63. The largest absolute Gasteiger partial charge is 0.464 e. The Morgan fingerprint density at radius 1 is 1.17 bits per heavy atom. The van der Waals surface area contributed by atoms with Crippen molar-refractivity contribution >= 4 is 40.1 Å². The number of nitrogens with one attached hydrogen (secondary N) is 1. The first-order valence-electron chi connectivity index (χ1n) is 9.63. The third-order valence-electron chi connectivity index (χ3n) is 5.26. The van der Waals surface area contributed by atoms with Crippen LogP contribution in [-0.4, -0.2) is 29.9 Å². The number of anilines is 2. The monoisotopic (exact) mass is 406 g/mol. The lowest BCUT2D eigenvalue weighted by molar-refractivity contribution is -0.147. The van der Waals surface area contributed by atoms with Crippen molar-refractivity contribution in [3.63, 3.8) is 0 Å². The number of amides is 2. The van der Waals surface area contributed by atoms with E-state index >= 15 is 0 Å². The maximum atomic E-state index is 12.9. The molecule has 0 aliphatic carbocycles. The van der Waals surface area contributed by atoms with Gasteiger partial charge in [0.25, 0.3) is 5.91 Å². The molecule has 7 nitrogen and oxygen atoms in total. The third-order valence-corrected chi connectivity index (χ3v) is 5.26. The Morgan fingerprint density at radius 3 is 2.73 bits per heavy atom. The summed E-state index contributed by atoms with van der Waals surface area (Å²) in [5.41, 5.74) is 2.46. The Balaban J connectivity index is 1.47. The molecule has 1 aliphatic heterocycles. The van der Waals surface area contributed by atoms with Crippen LogP contribution in [0.5, 0.6) is 0 Å². The number of carbonyl (C=O) groups excluding carboxylic acids is 3. The van der Waals surface area contributed by atoms with Crippen molar-refractivity contribution in [2.45, 2.75) is 32.7 Å². The molecule has 2 heterocycles. The summed E-state index contributed by atoms with van der Waals surface area (Å²) in [7, 11) is 0. The van der Waals surface area contributed by atoms with Gasteiger partial charge in [0.15, 0.2) is 6.61 Å². The normalized spacial score (nSPS) is 14.9. The molecular weight excluding hydrogens is 384 g/mol. The van der Waals surface area contributed by atoms with Crippen molar-refractivity contribution in [2.75, 3.05) is 16.8 Å². The number of nitrogens with zero attached hydrogens (tertiary/aromatic N) is 1. The molecule has 30 heavy (non-hydrogen) atoms. The number of aryl methyl sites for hydroxylation is 1. The fourth-order valence-corrected chi connectivity index (χ4v) is 3.64. The summed E-state index contributed by atoms with van der Waals surface area (Å²) in [5, 5.41) is 3.64. The quantitative estimate of drug-likeness (QED) is 0.669. The molecule has 2 aromatic carbocycles. The Morgan fingerprint density at radius 2 is 1.93 bits per heavy atom. The number of esters is 1. The summed E-state index contributed by atoms with van der Waals surface area (Å²) in [6.07, 6.45) is 1.52. The fraction of sp³-hybridized carbons (Fsp3) is 0.261. The van der Waals surface area contributed by atoms with Gasteiger partial charge in [-0.25, -0.2) is 0 Å². The number of fused-ring (bicyclic) bond motifs is 2. The van der Waals surface area contributed by atoms with Gasteiger partial charge in [-0.3, -0.25) is 19.3 Å². The highest BCUT2D eigenvalue weighted by atomic mass is 16.5. The van der Waals surface area contributed by atoms with Gasteiger partial charge in [0.05, 0.1) is 24.1 Å². The summed E-state index contributed by atoms with van der Waals surface area (Å²) in [6, 6.07) is 12.8. The van der Waals surface area contributed by atoms with Gasteiger partial charge in [-0.15, -0.1) is 0 Å². The topological polar surface area (TPSA) is 88.9 Å². The van der Waals surface area contributed by atoms with Gasteiger partial charge in [-0.2, -0.15) is 0 Å². The Kier molecular flexibility index (Phi) is 4.81. The van der Waals surface area contributed by atoms with E-state index in [1.54, 1.807) is 38.1 Å². The number of rotatable bonds is 4. The minimum atomic E-state index is -1.11. The van der Waals surface area contributed by atoms with Crippen molar-refractivity contribution < 1.29 is 23.5 Å². The molecule has 0 saturated heterocycles. The molecule has 1 N–H and O–H groups in total. The van der Waals surface area contributed by atoms with Gasteiger partial charge >= 0.3 is 5.97 Å². The van der Waals surface area contributed by atoms with Crippen LogP contribution in [0.2, 0.25) is 0 Å². The molecule has 3 aromatic rings. The molecule has 0 radical (unpaired) electrons. The third kappa shape index (κ3) is 3.43. The number of hydrogen-bond donors (Lipinski definition) is 1. The van der Waals surface area contributed by atoms with Gasteiger partial charge in [-0.1, -0.05) is 24.3 Å². The summed E-state index contributed by atoms with van der Waals surface area (Å²) < 4.78 is 10.7. The zero-order chi connectivity index (χ0) is 21.5. The molecule has 4 rings (SSSR count). The number of carbonyl (C=O) groups is 3. The van der Waals surface area contributed by atoms with Crippen LogP contribution in [0.1, 0.15) is 25.0 Å². The van der Waals surface area contributed by atoms with Crippen molar-refractivity contribution in [3.8, 4) is 0 Å². The Bertz CT molecular complexity index is 1160. The summed E-state index contributed by atoms with van der Waals surface area (Å²) in [5.74, 6) is -1.32. The van der Waals surface area contributed by atoms with Crippen LogP contribution in [-0.2, 0) is 25.5 Å². The highest BCUT2D eigenvalue weighted by molar-refractivity contribution is 6.14. The Labute approximate surface area is 173 Å². The van der Waals surface area contributed by atoms with Gasteiger partial charge in [0, 0.05) is 10.9 Å². The lowest BCUT2D eigenvalue weighted by Gasteiger charge is -2.41. The molecule has 1 aromatic heterocycles. The van der Waals surface area contributed by atoms with Gasteiger partial charge in [0.2, 0.25) is 5.91 Å². The molecule has 2 amide bonds. The first-order chi connectivity index (χ1) is 14.3. The molecule has 0 saturated carbocycles. The van der Waals surface area contributed by atoms with E-state index in [0.29, 0.717) is 22.5 Å². The zero-order valence-electron chi connectivity index (χ0n) is 17.0. The van der Waals surface area contributed by atoms with Gasteiger partial charge in [-0.05, 0) is 44.5 Å². The first kappa shape index (κ1) is 19.7. The highest BCUT2D eigenvalue weighted by Gasteiger charge is 2.43. The second-order valence-corrected chi connectivity index (χ2v) is 7.86. The highest BCUT2D eigenvalue weighted by Crippen LogP contribution is 2.36. The smallest absolute Gasteiger partial charge is 0.310 e. The summed E-state index contributed by atoms with van der Waals surface area (Å²) >= 11 is 0. The number of hydrogen-bond acceptors (Lipinski definition) is 5. The van der Waals surface area contributed by atoms with E-state index in [2.05, 4.69) is 5.32 Å². The minimum absolute atomic E-state index is 0.0101. The van der Waals surface area contributed by atoms with Crippen LogP contribution in [0.25, 0.3) is 11.0 Å². The van der Waals surface area contributed by atoms with Crippen LogP contribution in [0.4, 0.5) is 11.4 Å². The molecule has 7 heteroatoms. The zero-order valence-corrected chi connectivity index (χ0v) is 17.0. The molecule has 0 atom stereocenters. The van der Waals surface area contributed by atoms with Crippen molar-refractivity contribution in [2.24, 2.45) is 0 Å². The molecule has 0 bridgehead atoms. The molecule has 0 unspecified atom stereocenters. The summed E-state index contributed by atoms with van der Waals surface area (Å²) in [6.45, 7) is 4.80. The second kappa shape index (κ2) is 7.33. The number of ether oxygens (including phenoxy) is 1. The van der Waals surface area contributed by atoms with Crippen LogP contribution < -0.4 is 10.2 Å². The SMILES string of the molecule is Cc1ccc2c(CC(=O)OCC(=O)N3c4ccccc4NC(=O)C3(C)C)coc2c1. The van der Waals surface area contributed by atoms with Gasteiger partial charge < -0.3 is 14.5 Å². The lowest BCUT2D eigenvalue weighted by Crippen LogP contribution is -2.59. The second-order valence-electron chi connectivity index (χ2n) is 7.86. The lowest BCUT2D eigenvalue weighted by atomic mass is 9.96. The average Bonchev–Trinajstić information content (AvgIpc) is 3.08. The van der Waals surface area contributed by atoms with Crippen LogP contribution in [0, 0.1) is 6.92 Å². The standard InChI is InChI=1S/C23H22N2O5/c1-14-8-9-16-15(12-29-19(16)10-14)11-21(27)30-13-20(26)25-18-7-5-4-6-17(18)24-22(28)23(25,2)3/h4-10,12H,11,13H2,1-3H3,(H,24,28). The maximum absolute atomic E-state index is 12.9. The predicted molar refractivity (Wildman–Crippen MR) is 112 cm³/mol. The summed E-state index contributed by atoms with van der Waals surface area (Å²) in [4.78, 5) is 39.1. The van der Waals surface area contributed by atoms with E-state index in [9.17, 15) is 14.4 Å². The predicted octanol–water partition coefficient (Wildman–Crippen LogP) is 3.59. The van der Waals surface area contributed by atoms with E-state index in [4.69, 9.17) is 9.15 Å². The van der Waals surface area contributed by atoms with E-state index < -0.39 is 24.0 Å². The molecule has 0 spiro atoms. The molecular formula is C23H22N2O5. The van der Waals surface area contributed by atoms with Crippen LogP contribution in [0.3, 0.4) is 0 Å². The maximum Gasteiger partial charge on any atom is 0.310 e. The minimum Gasteiger partial charge on any atom is -0.464 e. The number of para-hydroxylation sites is 2. The van der Waals surface area contributed by atoms with E-state index in [0.717, 1.165) is 10.9 Å². The molecule has 0 fully saturated rings.